The highest BCUT2D eigenvalue weighted by atomic mass is 16.6. The molecule has 0 bridgehead atoms. The van der Waals surface area contributed by atoms with Crippen molar-refractivity contribution in [3.05, 3.63) is 0 Å². The molecule has 0 aromatic heterocycles. The Balaban J connectivity index is 3.49. The van der Waals surface area contributed by atoms with Gasteiger partial charge in [0.05, 0.1) is 5.71 Å². The lowest BCUT2D eigenvalue weighted by Crippen LogP contribution is -1.97. The molecule has 0 atom stereocenters. The van der Waals surface area contributed by atoms with Crippen molar-refractivity contribution < 1.29 is 4.84 Å². The summed E-state index contributed by atoms with van der Waals surface area (Å²) >= 11 is 0. The molecule has 0 rings (SSSR count). The Morgan fingerprint density at radius 3 is 2.44 bits per heavy atom. The zero-order valence-electron chi connectivity index (χ0n) is 6.64. The van der Waals surface area contributed by atoms with E-state index < -0.39 is 0 Å². The molecule has 0 aliphatic carbocycles. The van der Waals surface area contributed by atoms with Gasteiger partial charge in [-0.1, -0.05) is 19.0 Å². The highest BCUT2D eigenvalue weighted by molar-refractivity contribution is 5.81. The maximum Gasteiger partial charge on any atom is 0.106 e. The van der Waals surface area contributed by atoms with Crippen LogP contribution in [0.25, 0.3) is 0 Å². The summed E-state index contributed by atoms with van der Waals surface area (Å²) in [6.07, 6.45) is 1.02. The molecule has 0 radical (unpaired) electrons. The Kier molecular flexibility index (Phi) is 4.10. The van der Waals surface area contributed by atoms with Crippen LogP contribution < -0.4 is 0 Å². The zero-order valence-corrected chi connectivity index (χ0v) is 6.64. The first kappa shape index (κ1) is 8.47. The van der Waals surface area contributed by atoms with E-state index in [1.54, 1.807) is 7.11 Å². The highest BCUT2D eigenvalue weighted by Crippen LogP contribution is 2.00. The molecule has 0 aromatic carbocycles. The van der Waals surface area contributed by atoms with Crippen LogP contribution >= 0.6 is 0 Å². The second-order valence-electron chi connectivity index (χ2n) is 2.61. The van der Waals surface area contributed by atoms with Crippen LogP contribution in [0, 0.1) is 5.92 Å². The molecule has 0 saturated heterocycles. The van der Waals surface area contributed by atoms with Gasteiger partial charge in [0.15, 0.2) is 0 Å². The topological polar surface area (TPSA) is 21.6 Å². The molecular formula is C7H15NO. The van der Waals surface area contributed by atoms with Gasteiger partial charge in [-0.2, -0.15) is 0 Å². The number of rotatable bonds is 3. The molecule has 0 unspecified atom stereocenters. The molecule has 0 saturated carbocycles. The van der Waals surface area contributed by atoms with Crippen molar-refractivity contribution in [2.45, 2.75) is 27.2 Å². The van der Waals surface area contributed by atoms with Crippen LogP contribution in [-0.4, -0.2) is 12.8 Å². The molecule has 0 N–H and O–H groups in total. The fourth-order valence-corrected chi connectivity index (χ4v) is 0.784. The summed E-state index contributed by atoms with van der Waals surface area (Å²) in [4.78, 5) is 4.59. The Morgan fingerprint density at radius 2 is 2.11 bits per heavy atom. The quantitative estimate of drug-likeness (QED) is 0.422. The Hall–Kier alpha value is -0.530. The molecule has 2 nitrogen and oxygen atoms in total. The number of hydrogen-bond acceptors (Lipinski definition) is 2. The van der Waals surface area contributed by atoms with Gasteiger partial charge in [-0.05, 0) is 19.3 Å². The van der Waals surface area contributed by atoms with E-state index in [-0.39, 0.29) is 0 Å². The minimum absolute atomic E-state index is 0.670. The monoisotopic (exact) mass is 129 g/mol. The molecule has 9 heavy (non-hydrogen) atoms. The summed E-state index contributed by atoms with van der Waals surface area (Å²) in [5, 5.41) is 3.78. The van der Waals surface area contributed by atoms with Crippen molar-refractivity contribution in [2.75, 3.05) is 7.11 Å². The SMILES string of the molecule is CON=C(C)CC(C)C. The minimum atomic E-state index is 0.670. The Labute approximate surface area is 56.9 Å². The van der Waals surface area contributed by atoms with Gasteiger partial charge < -0.3 is 4.84 Å². The van der Waals surface area contributed by atoms with E-state index in [2.05, 4.69) is 23.8 Å². The van der Waals surface area contributed by atoms with Crippen molar-refractivity contribution >= 4 is 5.71 Å². The van der Waals surface area contributed by atoms with E-state index >= 15 is 0 Å². The van der Waals surface area contributed by atoms with Crippen LogP contribution in [0.5, 0.6) is 0 Å². The largest absolute Gasteiger partial charge is 0.399 e. The van der Waals surface area contributed by atoms with Crippen LogP contribution in [0.2, 0.25) is 0 Å². The van der Waals surface area contributed by atoms with Crippen molar-refractivity contribution in [3.8, 4) is 0 Å². The van der Waals surface area contributed by atoms with Gasteiger partial charge >= 0.3 is 0 Å². The van der Waals surface area contributed by atoms with Crippen molar-refractivity contribution in [1.82, 2.24) is 0 Å². The van der Waals surface area contributed by atoms with E-state index in [0.29, 0.717) is 5.92 Å². The number of nitrogens with zero attached hydrogens (tertiary/aromatic N) is 1. The number of hydrogen-bond donors (Lipinski definition) is 0. The van der Waals surface area contributed by atoms with Crippen LogP contribution in [-0.2, 0) is 4.84 Å². The summed E-state index contributed by atoms with van der Waals surface area (Å²) in [5.74, 6) is 0.670. The third-order valence-corrected chi connectivity index (χ3v) is 0.951. The summed E-state index contributed by atoms with van der Waals surface area (Å²) in [6, 6.07) is 0. The first-order chi connectivity index (χ1) is 4.16. The van der Waals surface area contributed by atoms with Crippen LogP contribution in [0.15, 0.2) is 5.16 Å². The van der Waals surface area contributed by atoms with E-state index in [1.165, 1.54) is 0 Å². The van der Waals surface area contributed by atoms with Crippen molar-refractivity contribution in [2.24, 2.45) is 11.1 Å². The molecule has 0 amide bonds. The lowest BCUT2D eigenvalue weighted by atomic mass is 10.1. The van der Waals surface area contributed by atoms with Gasteiger partial charge in [0.2, 0.25) is 0 Å². The third-order valence-electron chi connectivity index (χ3n) is 0.951. The lowest BCUT2D eigenvalue weighted by Gasteiger charge is -2.01. The molecule has 0 spiro atoms. The predicted molar refractivity (Wildman–Crippen MR) is 39.6 cm³/mol. The lowest BCUT2D eigenvalue weighted by molar-refractivity contribution is 0.212. The summed E-state index contributed by atoms with van der Waals surface area (Å²) in [6.45, 7) is 6.30. The third kappa shape index (κ3) is 5.34. The van der Waals surface area contributed by atoms with Gasteiger partial charge in [0, 0.05) is 0 Å². The molecule has 0 aliphatic rings. The molecule has 54 valence electrons. The molecule has 0 aromatic rings. The van der Waals surface area contributed by atoms with Gasteiger partial charge in [-0.25, -0.2) is 0 Å². The van der Waals surface area contributed by atoms with Crippen LogP contribution in [0.4, 0.5) is 0 Å². The van der Waals surface area contributed by atoms with Crippen molar-refractivity contribution in [3.63, 3.8) is 0 Å². The summed E-state index contributed by atoms with van der Waals surface area (Å²) in [7, 11) is 1.57. The molecule has 0 fully saturated rings. The van der Waals surface area contributed by atoms with E-state index in [4.69, 9.17) is 0 Å². The maximum absolute atomic E-state index is 4.59. The zero-order chi connectivity index (χ0) is 7.28. The normalized spacial score (nSPS) is 12.3. The van der Waals surface area contributed by atoms with Crippen molar-refractivity contribution in [1.29, 1.82) is 0 Å². The molecule has 0 aliphatic heterocycles. The second kappa shape index (κ2) is 4.36. The summed E-state index contributed by atoms with van der Waals surface area (Å²) < 4.78 is 0. The highest BCUT2D eigenvalue weighted by Gasteiger charge is 1.95. The molecule has 2 heteroatoms. The average Bonchev–Trinajstić information content (AvgIpc) is 1.63. The summed E-state index contributed by atoms with van der Waals surface area (Å²) in [5.41, 5.74) is 1.06. The number of oxime groups is 1. The van der Waals surface area contributed by atoms with E-state index in [0.717, 1.165) is 12.1 Å². The average molecular weight is 129 g/mol. The van der Waals surface area contributed by atoms with Crippen LogP contribution in [0.1, 0.15) is 27.2 Å². The van der Waals surface area contributed by atoms with Gasteiger partial charge in [0.1, 0.15) is 7.11 Å². The fraction of sp³-hybridized carbons (Fsp3) is 0.857. The van der Waals surface area contributed by atoms with Gasteiger partial charge in [0.25, 0.3) is 0 Å². The van der Waals surface area contributed by atoms with E-state index in [9.17, 15) is 0 Å². The first-order valence-electron chi connectivity index (χ1n) is 3.23. The Morgan fingerprint density at radius 1 is 1.56 bits per heavy atom. The van der Waals surface area contributed by atoms with E-state index in [1.807, 2.05) is 6.92 Å². The standard InChI is InChI=1S/C7H15NO/c1-6(2)5-7(3)8-9-4/h6H,5H2,1-4H3. The van der Waals surface area contributed by atoms with Gasteiger partial charge in [-0.15, -0.1) is 0 Å². The fourth-order valence-electron chi connectivity index (χ4n) is 0.784. The minimum Gasteiger partial charge on any atom is -0.399 e. The van der Waals surface area contributed by atoms with Crippen LogP contribution in [0.3, 0.4) is 0 Å². The van der Waals surface area contributed by atoms with Gasteiger partial charge in [-0.3, -0.25) is 0 Å². The molecule has 0 heterocycles. The Bertz CT molecular complexity index is 97.1. The second-order valence-corrected chi connectivity index (χ2v) is 2.61. The maximum atomic E-state index is 4.59. The molecular weight excluding hydrogens is 114 g/mol. The smallest absolute Gasteiger partial charge is 0.106 e. The predicted octanol–water partition coefficient (Wildman–Crippen LogP) is 2.05. The first-order valence-corrected chi connectivity index (χ1v) is 3.23.